The van der Waals surface area contributed by atoms with Crippen molar-refractivity contribution in [3.05, 3.63) is 16.5 Å². The molecule has 2 aromatic rings. The number of thiazole rings is 1. The van der Waals surface area contributed by atoms with E-state index in [0.717, 1.165) is 6.54 Å². The molecule has 0 amide bonds. The van der Waals surface area contributed by atoms with Crippen LogP contribution in [0.5, 0.6) is 0 Å². The predicted octanol–water partition coefficient (Wildman–Crippen LogP) is 2.58. The Morgan fingerprint density at radius 3 is 3.09 bits per heavy atom. The molecule has 0 radical (unpaired) electrons. The van der Waals surface area contributed by atoms with Gasteiger partial charge in [0.2, 0.25) is 10.5 Å². The van der Waals surface area contributed by atoms with Crippen molar-refractivity contribution in [3.8, 4) is 0 Å². The fourth-order valence-corrected chi connectivity index (χ4v) is 3.55. The fraction of sp³-hybridized carbons (Fsp3) is 0.375. The van der Waals surface area contributed by atoms with Crippen LogP contribution in [0.2, 0.25) is 0 Å². The molecule has 0 aliphatic rings. The number of nitrogens with zero attached hydrogens (tertiary/aromatic N) is 1. The summed E-state index contributed by atoms with van der Waals surface area (Å²) in [5, 5.41) is 3.57. The lowest BCUT2D eigenvalue weighted by atomic mass is 10.5. The van der Waals surface area contributed by atoms with Crippen LogP contribution in [-0.4, -0.2) is 0 Å². The van der Waals surface area contributed by atoms with Crippen LogP contribution in [0.15, 0.2) is 11.4 Å². The van der Waals surface area contributed by atoms with Crippen LogP contribution >= 0.6 is 22.7 Å². The first-order valence-corrected chi connectivity index (χ1v) is 5.39. The van der Waals surface area contributed by atoms with Crippen LogP contribution in [-0.2, 0) is 6.54 Å². The normalized spacial score (nSPS) is 11.1. The fourth-order valence-electron chi connectivity index (χ4n) is 1.32. The van der Waals surface area contributed by atoms with Gasteiger partial charge in [0.1, 0.15) is 6.54 Å². The van der Waals surface area contributed by atoms with E-state index < -0.39 is 0 Å². The van der Waals surface area contributed by atoms with Crippen LogP contribution in [0, 0.1) is 6.92 Å². The van der Waals surface area contributed by atoms with E-state index in [1.54, 1.807) is 0 Å². The zero-order valence-corrected chi connectivity index (χ0v) is 8.26. The predicted molar refractivity (Wildman–Crippen MR) is 50.3 cm³/mol. The van der Waals surface area contributed by atoms with Gasteiger partial charge < -0.3 is 0 Å². The summed E-state index contributed by atoms with van der Waals surface area (Å²) in [4.78, 5) is 0. The monoisotopic (exact) mass is 184 g/mol. The molecular weight excluding hydrogens is 174 g/mol. The van der Waals surface area contributed by atoms with Crippen molar-refractivity contribution in [1.29, 1.82) is 0 Å². The van der Waals surface area contributed by atoms with Crippen molar-refractivity contribution in [2.75, 3.05) is 0 Å². The highest BCUT2D eigenvalue weighted by Gasteiger charge is 2.15. The summed E-state index contributed by atoms with van der Waals surface area (Å²) in [6.07, 6.45) is 0. The average Bonchev–Trinajstić information content (AvgIpc) is 2.46. The number of thiophene rings is 1. The minimum absolute atomic E-state index is 1.09. The van der Waals surface area contributed by atoms with E-state index >= 15 is 0 Å². The molecule has 0 atom stereocenters. The molecule has 2 aromatic heterocycles. The van der Waals surface area contributed by atoms with Gasteiger partial charge in [0, 0.05) is 13.0 Å². The smallest absolute Gasteiger partial charge is 0.186 e. The molecule has 0 aliphatic carbocycles. The third kappa shape index (κ3) is 0.993. The van der Waals surface area contributed by atoms with Gasteiger partial charge in [-0.05, 0) is 12.3 Å². The highest BCUT2D eigenvalue weighted by Crippen LogP contribution is 2.24. The first-order chi connectivity index (χ1) is 5.33. The Morgan fingerprint density at radius 2 is 2.36 bits per heavy atom. The van der Waals surface area contributed by atoms with Gasteiger partial charge in [-0.3, -0.25) is 0 Å². The number of aryl methyl sites for hydroxylation is 2. The molecule has 0 saturated heterocycles. The zero-order chi connectivity index (χ0) is 7.84. The Bertz CT molecular complexity index is 372. The number of aromatic nitrogens is 1. The Hall–Kier alpha value is -0.410. The summed E-state index contributed by atoms with van der Waals surface area (Å²) in [5.74, 6) is 0. The molecule has 0 bridgehead atoms. The van der Waals surface area contributed by atoms with Gasteiger partial charge in [0.15, 0.2) is 4.01 Å². The van der Waals surface area contributed by atoms with Crippen LogP contribution in [0.3, 0.4) is 0 Å². The number of hydrogen-bond donors (Lipinski definition) is 0. The Kier molecular flexibility index (Phi) is 1.69. The minimum Gasteiger partial charge on any atom is -0.186 e. The average molecular weight is 184 g/mol. The number of hydrogen-bond acceptors (Lipinski definition) is 2. The largest absolute Gasteiger partial charge is 0.235 e. The molecule has 0 unspecified atom stereocenters. The standard InChI is InChI=1S/C8H10NS2/c1-3-9-6(2)11-8-7(9)4-5-10-8/h4-5H,3H2,1-2H3/q+1. The van der Waals surface area contributed by atoms with E-state index in [1.165, 1.54) is 14.5 Å². The number of fused-ring (bicyclic) bond motifs is 1. The van der Waals surface area contributed by atoms with Crippen molar-refractivity contribution < 1.29 is 4.57 Å². The molecule has 0 N–H and O–H groups in total. The van der Waals surface area contributed by atoms with E-state index in [-0.39, 0.29) is 0 Å². The summed E-state index contributed by atoms with van der Waals surface area (Å²) in [5.41, 5.74) is 1.40. The van der Waals surface area contributed by atoms with Gasteiger partial charge in [-0.1, -0.05) is 11.3 Å². The van der Waals surface area contributed by atoms with Crippen molar-refractivity contribution in [1.82, 2.24) is 0 Å². The van der Waals surface area contributed by atoms with E-state index in [4.69, 9.17) is 0 Å². The minimum atomic E-state index is 1.09. The first kappa shape index (κ1) is 7.25. The molecule has 1 nitrogen and oxygen atoms in total. The maximum absolute atomic E-state index is 2.36. The summed E-state index contributed by atoms with van der Waals surface area (Å²) in [6, 6.07) is 2.20. The van der Waals surface area contributed by atoms with Crippen molar-refractivity contribution >= 4 is 32.2 Å². The van der Waals surface area contributed by atoms with Crippen LogP contribution in [0.1, 0.15) is 11.9 Å². The second kappa shape index (κ2) is 2.57. The van der Waals surface area contributed by atoms with Crippen LogP contribution < -0.4 is 4.57 Å². The second-order valence-electron chi connectivity index (χ2n) is 2.46. The third-order valence-corrected chi connectivity index (χ3v) is 3.98. The maximum Gasteiger partial charge on any atom is 0.235 e. The van der Waals surface area contributed by atoms with E-state index in [1.807, 2.05) is 22.7 Å². The summed E-state index contributed by atoms with van der Waals surface area (Å²) in [6.45, 7) is 5.46. The van der Waals surface area contributed by atoms with E-state index in [2.05, 4.69) is 29.9 Å². The molecule has 0 aliphatic heterocycles. The van der Waals surface area contributed by atoms with Gasteiger partial charge in [-0.25, -0.2) is 0 Å². The zero-order valence-electron chi connectivity index (χ0n) is 6.63. The molecule has 2 rings (SSSR count). The number of rotatable bonds is 1. The lowest BCUT2D eigenvalue weighted by Crippen LogP contribution is -2.32. The van der Waals surface area contributed by atoms with Gasteiger partial charge >= 0.3 is 0 Å². The van der Waals surface area contributed by atoms with E-state index in [0.29, 0.717) is 0 Å². The maximum atomic E-state index is 2.36. The first-order valence-electron chi connectivity index (χ1n) is 3.69. The summed E-state index contributed by atoms with van der Waals surface area (Å²) < 4.78 is 3.81. The summed E-state index contributed by atoms with van der Waals surface area (Å²) in [7, 11) is 0. The van der Waals surface area contributed by atoms with Crippen LogP contribution in [0.25, 0.3) is 9.53 Å². The lowest BCUT2D eigenvalue weighted by Gasteiger charge is -1.85. The van der Waals surface area contributed by atoms with Gasteiger partial charge in [0.25, 0.3) is 0 Å². The molecule has 0 saturated carbocycles. The highest BCUT2D eigenvalue weighted by atomic mass is 32.2. The summed E-state index contributed by atoms with van der Waals surface area (Å²) >= 11 is 3.73. The van der Waals surface area contributed by atoms with E-state index in [9.17, 15) is 0 Å². The third-order valence-electron chi connectivity index (χ3n) is 1.84. The highest BCUT2D eigenvalue weighted by molar-refractivity contribution is 7.36. The SMILES string of the molecule is CC[n+]1c(C)sc2sccc21. The Balaban J connectivity index is 2.80. The molecule has 11 heavy (non-hydrogen) atoms. The molecule has 0 aromatic carbocycles. The molecule has 0 spiro atoms. The van der Waals surface area contributed by atoms with Gasteiger partial charge in [-0.2, -0.15) is 4.57 Å². The second-order valence-corrected chi connectivity index (χ2v) is 4.84. The topological polar surface area (TPSA) is 3.88 Å². The molecule has 58 valence electrons. The van der Waals surface area contributed by atoms with Gasteiger partial charge in [-0.15, -0.1) is 11.3 Å². The lowest BCUT2D eigenvalue weighted by molar-refractivity contribution is -0.669. The molecule has 0 fully saturated rings. The van der Waals surface area contributed by atoms with Crippen molar-refractivity contribution in [3.63, 3.8) is 0 Å². The Labute approximate surface area is 73.9 Å². The van der Waals surface area contributed by atoms with Crippen molar-refractivity contribution in [2.24, 2.45) is 0 Å². The van der Waals surface area contributed by atoms with Crippen molar-refractivity contribution in [2.45, 2.75) is 20.4 Å². The Morgan fingerprint density at radius 1 is 1.55 bits per heavy atom. The van der Waals surface area contributed by atoms with Gasteiger partial charge in [0.05, 0.1) is 0 Å². The van der Waals surface area contributed by atoms with Crippen LogP contribution in [0.4, 0.5) is 0 Å². The molecule has 3 heteroatoms. The molecular formula is C8H10NS2+. The quantitative estimate of drug-likeness (QED) is 0.600. The molecule has 2 heterocycles.